The molecule has 0 saturated heterocycles. The highest BCUT2D eigenvalue weighted by Crippen LogP contribution is 2.42. The zero-order chi connectivity index (χ0) is 13.7. The van der Waals surface area contributed by atoms with E-state index >= 15 is 0 Å². The van der Waals surface area contributed by atoms with Crippen LogP contribution in [0, 0.1) is 0 Å². The third-order valence-electron chi connectivity index (χ3n) is 4.60. The van der Waals surface area contributed by atoms with E-state index in [1.54, 1.807) is 7.11 Å². The van der Waals surface area contributed by atoms with Gasteiger partial charge < -0.3 is 10.5 Å². The molecular formula is C16H26N2O. The topological polar surface area (TPSA) is 38.5 Å². The Labute approximate surface area is 116 Å². The van der Waals surface area contributed by atoms with Gasteiger partial charge in [-0.05, 0) is 25.5 Å². The number of hydrogen-bond donors (Lipinski definition) is 1. The van der Waals surface area contributed by atoms with Crippen molar-refractivity contribution in [1.29, 1.82) is 0 Å². The molecule has 19 heavy (non-hydrogen) atoms. The maximum atomic E-state index is 6.63. The van der Waals surface area contributed by atoms with Crippen LogP contribution in [0.25, 0.3) is 0 Å². The van der Waals surface area contributed by atoms with Crippen molar-refractivity contribution in [3.8, 4) is 0 Å². The molecule has 1 aliphatic carbocycles. The summed E-state index contributed by atoms with van der Waals surface area (Å²) in [5.41, 5.74) is 7.97. The molecule has 1 aromatic rings. The lowest BCUT2D eigenvalue weighted by atomic mass is 9.83. The lowest BCUT2D eigenvalue weighted by Crippen LogP contribution is -2.53. The fraction of sp³-hybridized carbons (Fsp3) is 0.625. The van der Waals surface area contributed by atoms with Crippen molar-refractivity contribution >= 4 is 0 Å². The van der Waals surface area contributed by atoms with Crippen molar-refractivity contribution < 1.29 is 4.74 Å². The van der Waals surface area contributed by atoms with E-state index in [9.17, 15) is 0 Å². The fourth-order valence-electron chi connectivity index (χ4n) is 3.34. The SMILES string of the molecule is COCCN(C)C1([C@@H](N)c2ccccc2)CCCC1. The first-order chi connectivity index (χ1) is 9.20. The number of nitrogens with two attached hydrogens (primary N) is 1. The Morgan fingerprint density at radius 3 is 2.47 bits per heavy atom. The van der Waals surface area contributed by atoms with Crippen molar-refractivity contribution in [3.63, 3.8) is 0 Å². The zero-order valence-corrected chi connectivity index (χ0v) is 12.1. The van der Waals surface area contributed by atoms with Gasteiger partial charge in [-0.15, -0.1) is 0 Å². The van der Waals surface area contributed by atoms with Crippen molar-refractivity contribution in [2.45, 2.75) is 37.3 Å². The average Bonchev–Trinajstić information content (AvgIpc) is 2.95. The molecule has 1 atom stereocenters. The molecule has 1 fully saturated rings. The molecule has 0 aliphatic heterocycles. The zero-order valence-electron chi connectivity index (χ0n) is 12.1. The van der Waals surface area contributed by atoms with Gasteiger partial charge in [0.2, 0.25) is 0 Å². The summed E-state index contributed by atoms with van der Waals surface area (Å²) in [5, 5.41) is 0. The molecule has 0 spiro atoms. The number of hydrogen-bond acceptors (Lipinski definition) is 3. The molecule has 2 N–H and O–H groups in total. The van der Waals surface area contributed by atoms with Gasteiger partial charge in [0.25, 0.3) is 0 Å². The molecule has 1 aliphatic rings. The lowest BCUT2D eigenvalue weighted by molar-refractivity contribution is 0.0624. The van der Waals surface area contributed by atoms with E-state index in [1.165, 1.54) is 31.2 Å². The van der Waals surface area contributed by atoms with E-state index in [0.29, 0.717) is 0 Å². The number of benzene rings is 1. The lowest BCUT2D eigenvalue weighted by Gasteiger charge is -2.43. The van der Waals surface area contributed by atoms with Gasteiger partial charge in [-0.25, -0.2) is 0 Å². The van der Waals surface area contributed by atoms with E-state index in [0.717, 1.165) is 13.2 Å². The quantitative estimate of drug-likeness (QED) is 0.856. The third-order valence-corrected chi connectivity index (χ3v) is 4.60. The number of ether oxygens (including phenoxy) is 1. The van der Waals surface area contributed by atoms with Crippen molar-refractivity contribution in [3.05, 3.63) is 35.9 Å². The predicted molar refractivity (Wildman–Crippen MR) is 79.1 cm³/mol. The molecule has 2 rings (SSSR count). The number of rotatable bonds is 6. The summed E-state index contributed by atoms with van der Waals surface area (Å²) >= 11 is 0. The monoisotopic (exact) mass is 262 g/mol. The van der Waals surface area contributed by atoms with E-state index in [-0.39, 0.29) is 11.6 Å². The molecule has 0 unspecified atom stereocenters. The minimum absolute atomic E-state index is 0.0815. The second kappa shape index (κ2) is 6.51. The van der Waals surface area contributed by atoms with Crippen molar-refractivity contribution in [2.24, 2.45) is 5.73 Å². The van der Waals surface area contributed by atoms with E-state index in [2.05, 4.69) is 36.2 Å². The normalized spacial score (nSPS) is 19.8. The van der Waals surface area contributed by atoms with Gasteiger partial charge >= 0.3 is 0 Å². The predicted octanol–water partition coefficient (Wildman–Crippen LogP) is 2.58. The van der Waals surface area contributed by atoms with Crippen LogP contribution in [0.15, 0.2) is 30.3 Å². The van der Waals surface area contributed by atoms with Gasteiger partial charge in [-0.1, -0.05) is 43.2 Å². The maximum Gasteiger partial charge on any atom is 0.0589 e. The molecule has 0 bridgehead atoms. The molecule has 106 valence electrons. The van der Waals surface area contributed by atoms with E-state index in [4.69, 9.17) is 10.5 Å². The van der Waals surface area contributed by atoms with Crippen molar-refractivity contribution in [2.75, 3.05) is 27.3 Å². The Morgan fingerprint density at radius 1 is 1.26 bits per heavy atom. The van der Waals surface area contributed by atoms with Gasteiger partial charge in [0.15, 0.2) is 0 Å². The van der Waals surface area contributed by atoms with Gasteiger partial charge in [0, 0.05) is 25.2 Å². The van der Waals surface area contributed by atoms with Crippen LogP contribution in [0.5, 0.6) is 0 Å². The van der Waals surface area contributed by atoms with Gasteiger partial charge in [0.05, 0.1) is 6.61 Å². The average molecular weight is 262 g/mol. The Bertz CT molecular complexity index is 374. The highest BCUT2D eigenvalue weighted by molar-refractivity contribution is 5.23. The molecule has 0 radical (unpaired) electrons. The van der Waals surface area contributed by atoms with Crippen molar-refractivity contribution in [1.82, 2.24) is 4.90 Å². The first kappa shape index (κ1) is 14.5. The summed E-state index contributed by atoms with van der Waals surface area (Å²) in [6.45, 7) is 1.71. The van der Waals surface area contributed by atoms with Gasteiger partial charge in [-0.3, -0.25) is 4.90 Å². The second-order valence-corrected chi connectivity index (χ2v) is 5.61. The summed E-state index contributed by atoms with van der Waals surface area (Å²) in [6.07, 6.45) is 4.92. The Morgan fingerprint density at radius 2 is 1.89 bits per heavy atom. The second-order valence-electron chi connectivity index (χ2n) is 5.61. The molecule has 0 aromatic heterocycles. The van der Waals surface area contributed by atoms with Crippen LogP contribution in [0.4, 0.5) is 0 Å². The molecule has 0 heterocycles. The van der Waals surface area contributed by atoms with Crippen LogP contribution in [0.1, 0.15) is 37.3 Å². The van der Waals surface area contributed by atoms with Crippen LogP contribution in [0.3, 0.4) is 0 Å². The minimum atomic E-state index is 0.0815. The van der Waals surface area contributed by atoms with Crippen LogP contribution < -0.4 is 5.73 Å². The smallest absolute Gasteiger partial charge is 0.0589 e. The first-order valence-electron chi connectivity index (χ1n) is 7.21. The third kappa shape index (κ3) is 2.99. The largest absolute Gasteiger partial charge is 0.383 e. The van der Waals surface area contributed by atoms with Crippen LogP contribution >= 0.6 is 0 Å². The maximum absolute atomic E-state index is 6.63. The Balaban J connectivity index is 2.19. The standard InChI is InChI=1S/C16H26N2O/c1-18(12-13-19-2)16(10-6-7-11-16)15(17)14-8-4-3-5-9-14/h3-5,8-9,15H,6-7,10-13,17H2,1-2H3/t15-/m0/s1. The molecular weight excluding hydrogens is 236 g/mol. The summed E-state index contributed by atoms with van der Waals surface area (Å²) in [5.74, 6) is 0. The highest BCUT2D eigenvalue weighted by atomic mass is 16.5. The molecule has 3 heteroatoms. The Hall–Kier alpha value is -0.900. The summed E-state index contributed by atoms with van der Waals surface area (Å²) in [6, 6.07) is 10.6. The first-order valence-corrected chi connectivity index (χ1v) is 7.21. The number of methoxy groups -OCH3 is 1. The summed E-state index contributed by atoms with van der Waals surface area (Å²) < 4.78 is 5.22. The van der Waals surface area contributed by atoms with Gasteiger partial charge in [0.1, 0.15) is 0 Å². The number of likely N-dealkylation sites (N-methyl/N-ethyl adjacent to an activating group) is 1. The molecule has 1 aromatic carbocycles. The minimum Gasteiger partial charge on any atom is -0.383 e. The van der Waals surface area contributed by atoms with E-state index in [1.807, 2.05) is 6.07 Å². The fourth-order valence-corrected chi connectivity index (χ4v) is 3.34. The van der Waals surface area contributed by atoms with E-state index < -0.39 is 0 Å². The molecule has 1 saturated carbocycles. The highest BCUT2D eigenvalue weighted by Gasteiger charge is 2.43. The molecule has 0 amide bonds. The number of nitrogens with zero attached hydrogens (tertiary/aromatic N) is 1. The van der Waals surface area contributed by atoms with Crippen LogP contribution in [0.2, 0.25) is 0 Å². The summed E-state index contributed by atoms with van der Waals surface area (Å²) in [4.78, 5) is 2.42. The van der Waals surface area contributed by atoms with Gasteiger partial charge in [-0.2, -0.15) is 0 Å². The summed E-state index contributed by atoms with van der Waals surface area (Å²) in [7, 11) is 3.94. The van der Waals surface area contributed by atoms with Crippen LogP contribution in [-0.4, -0.2) is 37.7 Å². The molecule has 3 nitrogen and oxygen atoms in total. The van der Waals surface area contributed by atoms with Crippen LogP contribution in [-0.2, 0) is 4.74 Å². The Kier molecular flexibility index (Phi) is 4.97.